The maximum Gasteiger partial charge on any atom is 0.337 e. The van der Waals surface area contributed by atoms with Crippen molar-refractivity contribution in [1.82, 2.24) is 4.31 Å². The minimum atomic E-state index is -3.95. The topological polar surface area (TPSA) is 102 Å². The van der Waals surface area contributed by atoms with Gasteiger partial charge in [0.15, 0.2) is 0 Å². The number of anilines is 1. The molecule has 0 saturated heterocycles. The lowest BCUT2D eigenvalue weighted by molar-refractivity contribution is -0.116. The Kier molecular flexibility index (Phi) is 8.39. The molecule has 3 rings (SSSR count). The summed E-state index contributed by atoms with van der Waals surface area (Å²) in [7, 11) is -1.17. The molecule has 34 heavy (non-hydrogen) atoms. The van der Waals surface area contributed by atoms with Crippen LogP contribution in [0.3, 0.4) is 0 Å². The van der Waals surface area contributed by atoms with Crippen LogP contribution < -0.4 is 10.1 Å². The number of hydrogen-bond donors (Lipinski definition) is 1. The lowest BCUT2D eigenvalue weighted by Gasteiger charge is -2.22. The summed E-state index contributed by atoms with van der Waals surface area (Å²) in [6.45, 7) is -0.257. The fourth-order valence-electron chi connectivity index (χ4n) is 3.25. The van der Waals surface area contributed by atoms with Crippen LogP contribution in [0.25, 0.3) is 0 Å². The normalized spacial score (nSPS) is 11.1. The maximum atomic E-state index is 13.3. The highest BCUT2D eigenvalue weighted by molar-refractivity contribution is 7.89. The molecule has 0 bridgehead atoms. The van der Waals surface area contributed by atoms with E-state index in [1.54, 1.807) is 24.3 Å². The van der Waals surface area contributed by atoms with Gasteiger partial charge in [0.25, 0.3) is 0 Å². The van der Waals surface area contributed by atoms with E-state index < -0.39 is 21.9 Å². The number of ether oxygens (including phenoxy) is 2. The molecule has 1 N–H and O–H groups in total. The predicted molar refractivity (Wildman–Crippen MR) is 128 cm³/mol. The van der Waals surface area contributed by atoms with Gasteiger partial charge in [0.2, 0.25) is 15.9 Å². The quantitative estimate of drug-likeness (QED) is 0.445. The number of sulfonamides is 1. The van der Waals surface area contributed by atoms with Gasteiger partial charge in [0.1, 0.15) is 5.75 Å². The van der Waals surface area contributed by atoms with Crippen LogP contribution in [0.5, 0.6) is 5.75 Å². The van der Waals surface area contributed by atoms with E-state index in [0.717, 1.165) is 9.87 Å². The molecule has 0 heterocycles. The molecule has 1 amide bonds. The van der Waals surface area contributed by atoms with E-state index in [0.29, 0.717) is 23.4 Å². The van der Waals surface area contributed by atoms with Gasteiger partial charge in [-0.1, -0.05) is 30.3 Å². The summed E-state index contributed by atoms with van der Waals surface area (Å²) in [5.41, 5.74) is 1.73. The first-order valence-corrected chi connectivity index (χ1v) is 11.9. The predicted octanol–water partition coefficient (Wildman–Crippen LogP) is 3.35. The second-order valence-electron chi connectivity index (χ2n) is 7.37. The number of amides is 1. The van der Waals surface area contributed by atoms with Crippen LogP contribution in [0, 0.1) is 0 Å². The van der Waals surface area contributed by atoms with Gasteiger partial charge in [0, 0.05) is 12.2 Å². The molecular weight excluding hydrogens is 456 g/mol. The maximum absolute atomic E-state index is 13.3. The number of rotatable bonds is 10. The molecule has 0 aliphatic rings. The fraction of sp³-hybridized carbons (Fsp3) is 0.200. The third-order valence-electron chi connectivity index (χ3n) is 5.10. The Hall–Kier alpha value is -3.69. The van der Waals surface area contributed by atoms with E-state index in [1.165, 1.54) is 38.5 Å². The van der Waals surface area contributed by atoms with E-state index >= 15 is 0 Å². The number of esters is 1. The van der Waals surface area contributed by atoms with Crippen LogP contribution in [-0.2, 0) is 26.0 Å². The zero-order valence-electron chi connectivity index (χ0n) is 18.9. The second kappa shape index (κ2) is 11.4. The van der Waals surface area contributed by atoms with Gasteiger partial charge in [-0.05, 0) is 60.5 Å². The third-order valence-corrected chi connectivity index (χ3v) is 6.96. The molecule has 0 spiro atoms. The monoisotopic (exact) mass is 482 g/mol. The van der Waals surface area contributed by atoms with Crippen molar-refractivity contribution >= 4 is 27.6 Å². The van der Waals surface area contributed by atoms with Crippen molar-refractivity contribution in [3.05, 3.63) is 90.0 Å². The van der Waals surface area contributed by atoms with Crippen molar-refractivity contribution in [2.24, 2.45) is 0 Å². The van der Waals surface area contributed by atoms with Gasteiger partial charge in [-0.15, -0.1) is 0 Å². The lowest BCUT2D eigenvalue weighted by Crippen LogP contribution is -2.39. The molecule has 178 valence electrons. The van der Waals surface area contributed by atoms with E-state index in [9.17, 15) is 18.0 Å². The minimum Gasteiger partial charge on any atom is -0.497 e. The Labute approximate surface area is 199 Å². The van der Waals surface area contributed by atoms with Crippen molar-refractivity contribution in [3.8, 4) is 5.75 Å². The molecule has 3 aromatic rings. The fourth-order valence-corrected chi connectivity index (χ4v) is 4.64. The van der Waals surface area contributed by atoms with E-state index in [-0.39, 0.29) is 18.0 Å². The van der Waals surface area contributed by atoms with E-state index in [1.807, 2.05) is 30.3 Å². The standard InChI is InChI=1S/C25H26N2O6S/c1-32-22-12-14-23(15-13-22)34(30,31)27(17-16-19-6-4-3-5-7-19)18-24(28)26-21-10-8-20(9-11-21)25(29)33-2/h3-15H,16-18H2,1-2H3,(H,26,28). The van der Waals surface area contributed by atoms with Gasteiger partial charge in [-0.25, -0.2) is 13.2 Å². The summed E-state index contributed by atoms with van der Waals surface area (Å²) < 4.78 is 37.6. The summed E-state index contributed by atoms with van der Waals surface area (Å²) in [5.74, 6) is -0.463. The number of methoxy groups -OCH3 is 2. The molecule has 3 aromatic carbocycles. The molecule has 0 aromatic heterocycles. The highest BCUT2D eigenvalue weighted by Crippen LogP contribution is 2.20. The van der Waals surface area contributed by atoms with Gasteiger partial charge >= 0.3 is 5.97 Å². The Bertz CT molecular complexity index is 1210. The molecular formula is C25H26N2O6S. The molecule has 0 saturated carbocycles. The summed E-state index contributed by atoms with van der Waals surface area (Å²) in [5, 5.41) is 2.68. The van der Waals surface area contributed by atoms with Crippen molar-refractivity contribution < 1.29 is 27.5 Å². The number of hydrogen-bond acceptors (Lipinski definition) is 6. The third kappa shape index (κ3) is 6.43. The first-order valence-electron chi connectivity index (χ1n) is 10.5. The Morgan fingerprint density at radius 1 is 0.882 bits per heavy atom. The molecule has 0 atom stereocenters. The SMILES string of the molecule is COC(=O)c1ccc(NC(=O)CN(CCc2ccccc2)S(=O)(=O)c2ccc(OC)cc2)cc1. The Morgan fingerprint density at radius 3 is 2.12 bits per heavy atom. The summed E-state index contributed by atoms with van der Waals surface area (Å²) >= 11 is 0. The van der Waals surface area contributed by atoms with Crippen molar-refractivity contribution in [1.29, 1.82) is 0 Å². The second-order valence-corrected chi connectivity index (χ2v) is 9.30. The summed E-state index contributed by atoms with van der Waals surface area (Å²) in [6, 6.07) is 21.6. The molecule has 0 radical (unpaired) electrons. The van der Waals surface area contributed by atoms with Crippen LogP contribution in [0.1, 0.15) is 15.9 Å². The lowest BCUT2D eigenvalue weighted by atomic mass is 10.1. The number of nitrogens with zero attached hydrogens (tertiary/aromatic N) is 1. The van der Waals surface area contributed by atoms with Gasteiger partial charge in [-0.3, -0.25) is 4.79 Å². The first-order chi connectivity index (χ1) is 16.3. The molecule has 0 fully saturated rings. The Morgan fingerprint density at radius 2 is 1.53 bits per heavy atom. The number of benzene rings is 3. The van der Waals surface area contributed by atoms with Crippen molar-refractivity contribution in [2.75, 3.05) is 32.6 Å². The zero-order chi connectivity index (χ0) is 24.6. The molecule has 0 aliphatic heterocycles. The zero-order valence-corrected chi connectivity index (χ0v) is 19.7. The molecule has 9 heteroatoms. The van der Waals surface area contributed by atoms with Crippen LogP contribution in [-0.4, -0.2) is 51.9 Å². The summed E-state index contributed by atoms with van der Waals surface area (Å²) in [6.07, 6.45) is 0.442. The Balaban J connectivity index is 1.78. The van der Waals surface area contributed by atoms with Crippen molar-refractivity contribution in [3.63, 3.8) is 0 Å². The smallest absolute Gasteiger partial charge is 0.337 e. The van der Waals surface area contributed by atoms with Gasteiger partial charge < -0.3 is 14.8 Å². The highest BCUT2D eigenvalue weighted by atomic mass is 32.2. The largest absolute Gasteiger partial charge is 0.497 e. The summed E-state index contributed by atoms with van der Waals surface area (Å²) in [4.78, 5) is 24.4. The first kappa shape index (κ1) is 24.9. The minimum absolute atomic E-state index is 0.0663. The number of nitrogens with one attached hydrogen (secondary N) is 1. The molecule has 0 aliphatic carbocycles. The number of carbonyl (C=O) groups excluding carboxylic acids is 2. The average molecular weight is 483 g/mol. The average Bonchev–Trinajstić information content (AvgIpc) is 2.87. The van der Waals surface area contributed by atoms with Crippen LogP contribution in [0.4, 0.5) is 5.69 Å². The number of carbonyl (C=O) groups is 2. The van der Waals surface area contributed by atoms with E-state index in [2.05, 4.69) is 10.1 Å². The van der Waals surface area contributed by atoms with Gasteiger partial charge in [0.05, 0.1) is 31.2 Å². The van der Waals surface area contributed by atoms with Crippen LogP contribution >= 0.6 is 0 Å². The molecule has 0 unspecified atom stereocenters. The van der Waals surface area contributed by atoms with Gasteiger partial charge in [-0.2, -0.15) is 4.31 Å². The van der Waals surface area contributed by atoms with E-state index in [4.69, 9.17) is 4.74 Å². The van der Waals surface area contributed by atoms with Crippen LogP contribution in [0.15, 0.2) is 83.8 Å². The molecule has 8 nitrogen and oxygen atoms in total. The highest BCUT2D eigenvalue weighted by Gasteiger charge is 2.26. The van der Waals surface area contributed by atoms with Crippen molar-refractivity contribution in [2.45, 2.75) is 11.3 Å². The van der Waals surface area contributed by atoms with Crippen LogP contribution in [0.2, 0.25) is 0 Å².